The van der Waals surface area contributed by atoms with Crippen LogP contribution >= 0.6 is 11.6 Å². The summed E-state index contributed by atoms with van der Waals surface area (Å²) in [6.45, 7) is 6.85. The van der Waals surface area contributed by atoms with Gasteiger partial charge in [-0.1, -0.05) is 26.0 Å². The zero-order valence-corrected chi connectivity index (χ0v) is 13.2. The Kier molecular flexibility index (Phi) is 6.82. The van der Waals surface area contributed by atoms with Gasteiger partial charge in [-0.3, -0.25) is 9.69 Å². The van der Waals surface area contributed by atoms with Gasteiger partial charge in [0.2, 0.25) is 0 Å². The molecule has 0 aliphatic heterocycles. The molecule has 5 heteroatoms. The molecule has 0 radical (unpaired) electrons. The molecule has 0 aliphatic rings. The van der Waals surface area contributed by atoms with Crippen molar-refractivity contribution in [3.05, 3.63) is 29.8 Å². The van der Waals surface area contributed by atoms with E-state index in [0.717, 1.165) is 31.7 Å². The van der Waals surface area contributed by atoms with Crippen molar-refractivity contribution in [3.63, 3.8) is 0 Å². The first-order chi connectivity index (χ1) is 9.51. The van der Waals surface area contributed by atoms with Gasteiger partial charge in [0.25, 0.3) is 5.91 Å². The Morgan fingerprint density at radius 2 is 1.90 bits per heavy atom. The lowest BCUT2D eigenvalue weighted by atomic mass is 10.1. The lowest BCUT2D eigenvalue weighted by molar-refractivity contribution is 0.100. The topological polar surface area (TPSA) is 49.6 Å². The third kappa shape index (κ3) is 4.39. The van der Waals surface area contributed by atoms with Gasteiger partial charge in [-0.2, -0.15) is 0 Å². The summed E-state index contributed by atoms with van der Waals surface area (Å²) in [5.41, 5.74) is 6.80. The SMILES string of the molecule is CCN(CC)C(Cl)CCN(C)c1ccccc1C(N)=O. The summed E-state index contributed by atoms with van der Waals surface area (Å²) < 4.78 is 0. The number of para-hydroxylation sites is 1. The standard InChI is InChI=1S/C15H24ClN3O/c1-4-19(5-2)14(16)10-11-18(3)13-9-7-6-8-12(13)15(17)20/h6-9,14H,4-5,10-11H2,1-3H3,(H2,17,20). The first kappa shape index (κ1) is 16.8. The van der Waals surface area contributed by atoms with Crippen LogP contribution in [0.1, 0.15) is 30.6 Å². The number of halogens is 1. The molecular weight excluding hydrogens is 274 g/mol. The first-order valence-corrected chi connectivity index (χ1v) is 7.42. The minimum absolute atomic E-state index is 0.00758. The quantitative estimate of drug-likeness (QED) is 0.592. The van der Waals surface area contributed by atoms with Crippen molar-refractivity contribution in [1.82, 2.24) is 4.90 Å². The van der Waals surface area contributed by atoms with E-state index in [1.165, 1.54) is 0 Å². The minimum atomic E-state index is -0.404. The number of amides is 1. The Labute approximate surface area is 126 Å². The van der Waals surface area contributed by atoms with Crippen molar-refractivity contribution in [1.29, 1.82) is 0 Å². The smallest absolute Gasteiger partial charge is 0.250 e. The molecule has 112 valence electrons. The largest absolute Gasteiger partial charge is 0.374 e. The first-order valence-electron chi connectivity index (χ1n) is 6.99. The number of anilines is 1. The van der Waals surface area contributed by atoms with Gasteiger partial charge in [-0.25, -0.2) is 0 Å². The predicted molar refractivity (Wildman–Crippen MR) is 85.4 cm³/mol. The fourth-order valence-corrected chi connectivity index (χ4v) is 2.61. The van der Waals surface area contributed by atoms with Crippen LogP contribution in [-0.2, 0) is 0 Å². The van der Waals surface area contributed by atoms with Crippen molar-refractivity contribution < 1.29 is 4.79 Å². The summed E-state index contributed by atoms with van der Waals surface area (Å²) in [6.07, 6.45) is 0.826. The summed E-state index contributed by atoms with van der Waals surface area (Å²) in [4.78, 5) is 15.7. The highest BCUT2D eigenvalue weighted by molar-refractivity contribution is 6.20. The van der Waals surface area contributed by atoms with E-state index in [1.54, 1.807) is 6.07 Å². The number of nitrogens with two attached hydrogens (primary N) is 1. The zero-order chi connectivity index (χ0) is 15.1. The molecule has 1 unspecified atom stereocenters. The fraction of sp³-hybridized carbons (Fsp3) is 0.533. The molecule has 0 aromatic heterocycles. The molecule has 1 atom stereocenters. The number of hydrogen-bond acceptors (Lipinski definition) is 3. The molecule has 0 saturated heterocycles. The van der Waals surface area contributed by atoms with Gasteiger partial charge in [0.05, 0.1) is 11.1 Å². The Balaban J connectivity index is 2.68. The molecule has 0 bridgehead atoms. The van der Waals surface area contributed by atoms with Crippen molar-refractivity contribution >= 4 is 23.2 Å². The summed E-state index contributed by atoms with van der Waals surface area (Å²) in [7, 11) is 1.95. The summed E-state index contributed by atoms with van der Waals surface area (Å²) in [5, 5.41) is 0. The maximum atomic E-state index is 11.4. The van der Waals surface area contributed by atoms with E-state index < -0.39 is 5.91 Å². The molecule has 4 nitrogen and oxygen atoms in total. The van der Waals surface area contributed by atoms with Crippen LogP contribution in [0.5, 0.6) is 0 Å². The van der Waals surface area contributed by atoms with Crippen LogP contribution in [0.2, 0.25) is 0 Å². The number of hydrogen-bond donors (Lipinski definition) is 1. The van der Waals surface area contributed by atoms with E-state index in [9.17, 15) is 4.79 Å². The van der Waals surface area contributed by atoms with Gasteiger partial charge in [0.1, 0.15) is 0 Å². The number of primary amides is 1. The molecule has 20 heavy (non-hydrogen) atoms. The zero-order valence-electron chi connectivity index (χ0n) is 12.5. The monoisotopic (exact) mass is 297 g/mol. The maximum absolute atomic E-state index is 11.4. The molecule has 0 heterocycles. The second-order valence-electron chi connectivity index (χ2n) is 4.75. The van der Waals surface area contributed by atoms with E-state index in [-0.39, 0.29) is 5.50 Å². The van der Waals surface area contributed by atoms with Crippen molar-refractivity contribution in [2.45, 2.75) is 25.8 Å². The average Bonchev–Trinajstić information content (AvgIpc) is 2.46. The van der Waals surface area contributed by atoms with Gasteiger partial charge >= 0.3 is 0 Å². The lowest BCUT2D eigenvalue weighted by Gasteiger charge is -2.27. The highest BCUT2D eigenvalue weighted by Crippen LogP contribution is 2.20. The van der Waals surface area contributed by atoms with Crippen LogP contribution < -0.4 is 10.6 Å². The molecule has 0 fully saturated rings. The van der Waals surface area contributed by atoms with Crippen LogP contribution in [0.15, 0.2) is 24.3 Å². The predicted octanol–water partition coefficient (Wildman–Crippen LogP) is 2.52. The van der Waals surface area contributed by atoms with E-state index >= 15 is 0 Å². The van der Waals surface area contributed by atoms with Crippen molar-refractivity contribution in [3.8, 4) is 0 Å². The van der Waals surface area contributed by atoms with Gasteiger partial charge in [-0.15, -0.1) is 11.6 Å². The van der Waals surface area contributed by atoms with Crippen molar-refractivity contribution in [2.24, 2.45) is 5.73 Å². The number of benzene rings is 1. The second-order valence-corrected chi connectivity index (χ2v) is 5.25. The number of nitrogens with zero attached hydrogens (tertiary/aromatic N) is 2. The van der Waals surface area contributed by atoms with E-state index in [0.29, 0.717) is 5.56 Å². The molecule has 0 saturated carbocycles. The molecule has 0 spiro atoms. The van der Waals surface area contributed by atoms with Gasteiger partial charge < -0.3 is 10.6 Å². The van der Waals surface area contributed by atoms with Crippen LogP contribution in [0.3, 0.4) is 0 Å². The lowest BCUT2D eigenvalue weighted by Crippen LogP contribution is -2.34. The van der Waals surface area contributed by atoms with Gasteiger partial charge in [0, 0.05) is 19.3 Å². The summed E-state index contributed by atoms with van der Waals surface area (Å²) in [6, 6.07) is 7.37. The Morgan fingerprint density at radius 1 is 1.30 bits per heavy atom. The third-order valence-corrected chi connectivity index (χ3v) is 3.99. The highest BCUT2D eigenvalue weighted by Gasteiger charge is 2.15. The molecule has 2 N–H and O–H groups in total. The van der Waals surface area contributed by atoms with Crippen LogP contribution in [0.25, 0.3) is 0 Å². The number of carbonyl (C=O) groups excluding carboxylic acids is 1. The summed E-state index contributed by atoms with van der Waals surface area (Å²) >= 11 is 6.39. The third-order valence-electron chi connectivity index (χ3n) is 3.49. The second kappa shape index (κ2) is 8.12. The summed E-state index contributed by atoms with van der Waals surface area (Å²) in [5.74, 6) is -0.404. The minimum Gasteiger partial charge on any atom is -0.374 e. The Bertz CT molecular complexity index is 435. The average molecular weight is 298 g/mol. The Hall–Kier alpha value is -1.26. The van der Waals surface area contributed by atoms with Crippen LogP contribution in [0, 0.1) is 0 Å². The molecule has 1 aromatic rings. The maximum Gasteiger partial charge on any atom is 0.250 e. The molecule has 1 rings (SSSR count). The molecular formula is C15H24ClN3O. The highest BCUT2D eigenvalue weighted by atomic mass is 35.5. The van der Waals surface area contributed by atoms with Crippen molar-refractivity contribution in [2.75, 3.05) is 31.6 Å². The Morgan fingerprint density at radius 3 is 2.45 bits per heavy atom. The molecule has 0 aliphatic carbocycles. The van der Waals surface area contributed by atoms with E-state index in [1.807, 2.05) is 30.1 Å². The van der Waals surface area contributed by atoms with Crippen LogP contribution in [-0.4, -0.2) is 43.0 Å². The fourth-order valence-electron chi connectivity index (χ4n) is 2.24. The number of carbonyl (C=O) groups is 1. The van der Waals surface area contributed by atoms with Crippen LogP contribution in [0.4, 0.5) is 5.69 Å². The van der Waals surface area contributed by atoms with Gasteiger partial charge in [0.15, 0.2) is 0 Å². The van der Waals surface area contributed by atoms with E-state index in [4.69, 9.17) is 17.3 Å². The normalized spacial score (nSPS) is 12.4. The van der Waals surface area contributed by atoms with E-state index in [2.05, 4.69) is 18.7 Å². The number of alkyl halides is 1. The molecule has 1 aromatic carbocycles. The number of rotatable bonds is 8. The van der Waals surface area contributed by atoms with Gasteiger partial charge in [-0.05, 0) is 31.6 Å². The molecule has 1 amide bonds.